The molecule has 0 aliphatic carbocycles. The second-order valence-electron chi connectivity index (χ2n) is 5.37. The molecule has 20 heavy (non-hydrogen) atoms. The second kappa shape index (κ2) is 9.82. The molecular weight excluding hydrogens is 268 g/mol. The van der Waals surface area contributed by atoms with E-state index in [0.717, 1.165) is 23.0 Å². The maximum atomic E-state index is 5.93. The molecule has 0 amide bonds. The molecule has 0 saturated carbocycles. The van der Waals surface area contributed by atoms with Gasteiger partial charge in [-0.25, -0.2) is 0 Å². The Morgan fingerprint density at radius 2 is 1.60 bits per heavy atom. The summed E-state index contributed by atoms with van der Waals surface area (Å²) >= 11 is 5.93. The minimum atomic E-state index is 0.766. The average Bonchev–Trinajstić information content (AvgIpc) is 2.43. The highest BCUT2D eigenvalue weighted by Crippen LogP contribution is 2.12. The molecule has 0 unspecified atom stereocenters. The summed E-state index contributed by atoms with van der Waals surface area (Å²) in [5, 5.41) is 0.766. The summed E-state index contributed by atoms with van der Waals surface area (Å²) in [6.07, 6.45) is 7.81. The van der Waals surface area contributed by atoms with E-state index >= 15 is 0 Å². The Morgan fingerprint density at radius 1 is 1.00 bits per heavy atom. The first-order chi connectivity index (χ1) is 9.65. The van der Waals surface area contributed by atoms with Gasteiger partial charge in [-0.15, -0.1) is 0 Å². The Morgan fingerprint density at radius 3 is 2.20 bits per heavy atom. The van der Waals surface area contributed by atoms with Gasteiger partial charge in [-0.05, 0) is 30.7 Å². The van der Waals surface area contributed by atoms with Crippen molar-refractivity contribution in [1.82, 2.24) is 4.90 Å². The van der Waals surface area contributed by atoms with Crippen LogP contribution in [0.25, 0.3) is 0 Å². The van der Waals surface area contributed by atoms with Crippen molar-refractivity contribution >= 4 is 17.4 Å². The Bertz CT molecular complexity index is 396. The average molecular weight is 295 g/mol. The summed E-state index contributed by atoms with van der Waals surface area (Å²) in [5.41, 5.74) is 1.13. The van der Waals surface area contributed by atoms with Gasteiger partial charge in [0.05, 0.1) is 0 Å². The lowest BCUT2D eigenvalue weighted by molar-refractivity contribution is 0.598. The lowest BCUT2D eigenvalue weighted by Gasteiger charge is -2.16. The van der Waals surface area contributed by atoms with Crippen LogP contribution in [0.1, 0.15) is 51.0 Å². The summed E-state index contributed by atoms with van der Waals surface area (Å²) in [6.45, 7) is 3.15. The number of benzene rings is 1. The zero-order chi connectivity index (χ0) is 14.8. The third-order valence-electron chi connectivity index (χ3n) is 3.30. The van der Waals surface area contributed by atoms with E-state index in [1.807, 2.05) is 38.4 Å². The van der Waals surface area contributed by atoms with Crippen LogP contribution < -0.4 is 0 Å². The number of nitrogens with zero attached hydrogens (tertiary/aromatic N) is 2. The summed E-state index contributed by atoms with van der Waals surface area (Å²) in [5.74, 6) is 1.04. The molecule has 0 saturated heterocycles. The molecule has 0 atom stereocenters. The lowest BCUT2D eigenvalue weighted by Crippen LogP contribution is -2.23. The van der Waals surface area contributed by atoms with Crippen LogP contribution in [0, 0.1) is 0 Å². The van der Waals surface area contributed by atoms with E-state index in [1.54, 1.807) is 0 Å². The van der Waals surface area contributed by atoms with Crippen LogP contribution in [-0.2, 0) is 0 Å². The minimum absolute atomic E-state index is 0.766. The van der Waals surface area contributed by atoms with Gasteiger partial charge in [-0.1, -0.05) is 50.6 Å². The van der Waals surface area contributed by atoms with Gasteiger partial charge >= 0.3 is 0 Å². The smallest absolute Gasteiger partial charge is 0.130 e. The van der Waals surface area contributed by atoms with Crippen molar-refractivity contribution in [2.75, 3.05) is 20.6 Å². The van der Waals surface area contributed by atoms with Gasteiger partial charge in [0.15, 0.2) is 0 Å². The predicted octanol–water partition coefficient (Wildman–Crippen LogP) is 5.01. The van der Waals surface area contributed by atoms with Crippen molar-refractivity contribution in [3.8, 4) is 0 Å². The molecule has 1 rings (SSSR count). The van der Waals surface area contributed by atoms with E-state index in [0.29, 0.717) is 0 Å². The predicted molar refractivity (Wildman–Crippen MR) is 89.9 cm³/mol. The number of hydrogen-bond donors (Lipinski definition) is 0. The van der Waals surface area contributed by atoms with Gasteiger partial charge in [0.2, 0.25) is 0 Å². The number of halogens is 1. The third kappa shape index (κ3) is 6.42. The molecule has 2 nitrogen and oxygen atoms in total. The number of aliphatic imine (C=N–C) groups is 1. The zero-order valence-electron chi connectivity index (χ0n) is 13.0. The molecule has 0 fully saturated rings. The van der Waals surface area contributed by atoms with E-state index in [1.165, 1.54) is 38.5 Å². The Kier molecular flexibility index (Phi) is 8.36. The first-order valence-corrected chi connectivity index (χ1v) is 8.00. The maximum absolute atomic E-state index is 5.93. The molecule has 0 aromatic heterocycles. The SMILES string of the molecule is CCCCCCCCN=C(c1ccc(Cl)cc1)N(C)C. The van der Waals surface area contributed by atoms with E-state index in [4.69, 9.17) is 16.6 Å². The van der Waals surface area contributed by atoms with Crippen molar-refractivity contribution in [2.45, 2.75) is 45.4 Å². The monoisotopic (exact) mass is 294 g/mol. The van der Waals surface area contributed by atoms with Crippen LogP contribution in [0.3, 0.4) is 0 Å². The van der Waals surface area contributed by atoms with Crippen LogP contribution in [-0.4, -0.2) is 31.4 Å². The first kappa shape index (κ1) is 17.0. The molecule has 0 heterocycles. The fourth-order valence-corrected chi connectivity index (χ4v) is 2.29. The van der Waals surface area contributed by atoms with Gasteiger partial charge in [-0.3, -0.25) is 4.99 Å². The topological polar surface area (TPSA) is 15.6 Å². The van der Waals surface area contributed by atoms with Crippen molar-refractivity contribution in [2.24, 2.45) is 4.99 Å². The number of amidine groups is 1. The molecule has 0 N–H and O–H groups in total. The van der Waals surface area contributed by atoms with Gasteiger partial charge in [0, 0.05) is 31.2 Å². The summed E-state index contributed by atoms with van der Waals surface area (Å²) in [7, 11) is 4.07. The van der Waals surface area contributed by atoms with Gasteiger partial charge < -0.3 is 4.90 Å². The van der Waals surface area contributed by atoms with E-state index in [9.17, 15) is 0 Å². The van der Waals surface area contributed by atoms with Crippen LogP contribution in [0.2, 0.25) is 5.02 Å². The molecule has 3 heteroatoms. The molecule has 0 bridgehead atoms. The van der Waals surface area contributed by atoms with Gasteiger partial charge in [0.25, 0.3) is 0 Å². The lowest BCUT2D eigenvalue weighted by atomic mass is 10.1. The Labute approximate surface area is 128 Å². The van der Waals surface area contributed by atoms with Gasteiger partial charge in [-0.2, -0.15) is 0 Å². The summed E-state index contributed by atoms with van der Waals surface area (Å²) < 4.78 is 0. The van der Waals surface area contributed by atoms with Crippen LogP contribution in [0.5, 0.6) is 0 Å². The van der Waals surface area contributed by atoms with Crippen molar-refractivity contribution < 1.29 is 0 Å². The molecule has 0 radical (unpaired) electrons. The van der Waals surface area contributed by atoms with Gasteiger partial charge in [0.1, 0.15) is 5.84 Å². The van der Waals surface area contributed by atoms with E-state index < -0.39 is 0 Å². The quantitative estimate of drug-likeness (QED) is 0.374. The van der Waals surface area contributed by atoms with Crippen LogP contribution >= 0.6 is 11.6 Å². The van der Waals surface area contributed by atoms with E-state index in [-0.39, 0.29) is 0 Å². The molecular formula is C17H27ClN2. The summed E-state index contributed by atoms with van der Waals surface area (Å²) in [4.78, 5) is 6.81. The van der Waals surface area contributed by atoms with Crippen molar-refractivity contribution in [3.63, 3.8) is 0 Å². The first-order valence-electron chi connectivity index (χ1n) is 7.63. The molecule has 1 aromatic rings. The standard InChI is InChI=1S/C17H27ClN2/c1-4-5-6-7-8-9-14-19-17(20(2)3)15-10-12-16(18)13-11-15/h10-13H,4-9,14H2,1-3H3. The van der Waals surface area contributed by atoms with Crippen LogP contribution in [0.15, 0.2) is 29.3 Å². The molecule has 0 aliphatic rings. The molecule has 112 valence electrons. The fourth-order valence-electron chi connectivity index (χ4n) is 2.17. The highest BCUT2D eigenvalue weighted by molar-refractivity contribution is 6.30. The summed E-state index contributed by atoms with van der Waals surface area (Å²) in [6, 6.07) is 7.89. The fraction of sp³-hybridized carbons (Fsp3) is 0.588. The zero-order valence-corrected chi connectivity index (χ0v) is 13.8. The van der Waals surface area contributed by atoms with Crippen LogP contribution in [0.4, 0.5) is 0 Å². The van der Waals surface area contributed by atoms with Crippen molar-refractivity contribution in [3.05, 3.63) is 34.9 Å². The normalized spacial score (nSPS) is 11.7. The highest BCUT2D eigenvalue weighted by Gasteiger charge is 2.05. The molecule has 0 spiro atoms. The minimum Gasteiger partial charge on any atom is -0.363 e. The number of hydrogen-bond acceptors (Lipinski definition) is 1. The molecule has 0 aliphatic heterocycles. The molecule has 1 aromatic carbocycles. The van der Waals surface area contributed by atoms with Crippen molar-refractivity contribution in [1.29, 1.82) is 0 Å². The Hall–Kier alpha value is -1.02. The highest BCUT2D eigenvalue weighted by atomic mass is 35.5. The Balaban J connectivity index is 2.46. The maximum Gasteiger partial charge on any atom is 0.130 e. The third-order valence-corrected chi connectivity index (χ3v) is 3.55. The number of rotatable bonds is 8. The second-order valence-corrected chi connectivity index (χ2v) is 5.81. The largest absolute Gasteiger partial charge is 0.363 e. The number of unbranched alkanes of at least 4 members (excludes halogenated alkanes) is 5. The van der Waals surface area contributed by atoms with E-state index in [2.05, 4.69) is 11.8 Å².